The summed E-state index contributed by atoms with van der Waals surface area (Å²) in [6.45, 7) is 4.55. The molecule has 0 saturated carbocycles. The molecule has 108 valence electrons. The first kappa shape index (κ1) is 18.2. The van der Waals surface area contributed by atoms with Gasteiger partial charge in [0.25, 0.3) is 5.91 Å². The number of carbonyl (C=O) groups is 1. The highest BCUT2D eigenvalue weighted by Crippen LogP contribution is 2.15. The molecule has 0 aromatic heterocycles. The van der Waals surface area contributed by atoms with Gasteiger partial charge in [0, 0.05) is 17.6 Å². The minimum Gasteiger partial charge on any atom is -0.484 e. The van der Waals surface area contributed by atoms with Gasteiger partial charge in [-0.05, 0) is 37.2 Å². The van der Waals surface area contributed by atoms with Crippen LogP contribution in [-0.4, -0.2) is 32.1 Å². The van der Waals surface area contributed by atoms with Gasteiger partial charge in [-0.25, -0.2) is 0 Å². The van der Waals surface area contributed by atoms with E-state index in [2.05, 4.69) is 33.5 Å². The lowest BCUT2D eigenvalue weighted by atomic mass is 10.3. The predicted molar refractivity (Wildman–Crippen MR) is 83.1 cm³/mol. The molecule has 1 amide bonds. The molecule has 0 bridgehead atoms. The zero-order valence-electron chi connectivity index (χ0n) is 10.9. The zero-order chi connectivity index (χ0) is 13.2. The lowest BCUT2D eigenvalue weighted by Crippen LogP contribution is -2.34. The molecule has 1 aromatic carbocycles. The molecule has 0 unspecified atom stereocenters. The first-order chi connectivity index (χ1) is 8.72. The molecular weight excluding hydrogens is 332 g/mol. The number of carbonyl (C=O) groups excluding carboxylic acids is 1. The molecule has 0 atom stereocenters. The fourth-order valence-corrected chi connectivity index (χ4v) is 1.59. The minimum absolute atomic E-state index is 0. The van der Waals surface area contributed by atoms with Crippen LogP contribution >= 0.6 is 28.3 Å². The zero-order valence-corrected chi connectivity index (χ0v) is 13.4. The van der Waals surface area contributed by atoms with Gasteiger partial charge in [0.15, 0.2) is 6.61 Å². The summed E-state index contributed by atoms with van der Waals surface area (Å²) in [5.41, 5.74) is 0. The van der Waals surface area contributed by atoms with Crippen LogP contribution in [0.2, 0.25) is 0 Å². The van der Waals surface area contributed by atoms with Crippen molar-refractivity contribution >= 4 is 34.2 Å². The molecule has 0 aliphatic carbocycles. The van der Waals surface area contributed by atoms with Gasteiger partial charge >= 0.3 is 0 Å². The third kappa shape index (κ3) is 8.86. The Morgan fingerprint density at radius 1 is 1.21 bits per heavy atom. The van der Waals surface area contributed by atoms with Crippen molar-refractivity contribution in [2.24, 2.45) is 0 Å². The molecule has 6 heteroatoms. The molecule has 0 radical (unpaired) electrons. The molecule has 4 nitrogen and oxygen atoms in total. The summed E-state index contributed by atoms with van der Waals surface area (Å²) >= 11 is 3.34. The van der Waals surface area contributed by atoms with E-state index in [-0.39, 0.29) is 24.9 Å². The summed E-state index contributed by atoms with van der Waals surface area (Å²) in [5.74, 6) is 0.591. The summed E-state index contributed by atoms with van der Waals surface area (Å²) in [6, 6.07) is 7.39. The van der Waals surface area contributed by atoms with Crippen LogP contribution in [-0.2, 0) is 4.79 Å². The van der Waals surface area contributed by atoms with E-state index in [1.54, 1.807) is 0 Å². The summed E-state index contributed by atoms with van der Waals surface area (Å²) in [4.78, 5) is 11.4. The van der Waals surface area contributed by atoms with Crippen molar-refractivity contribution in [2.45, 2.75) is 13.3 Å². The second-order valence-electron chi connectivity index (χ2n) is 3.84. The monoisotopic (exact) mass is 350 g/mol. The fourth-order valence-electron chi connectivity index (χ4n) is 1.32. The maximum Gasteiger partial charge on any atom is 0.257 e. The van der Waals surface area contributed by atoms with Gasteiger partial charge in [-0.1, -0.05) is 22.9 Å². The van der Waals surface area contributed by atoms with Gasteiger partial charge in [-0.15, -0.1) is 12.4 Å². The van der Waals surface area contributed by atoms with Crippen LogP contribution in [0.3, 0.4) is 0 Å². The van der Waals surface area contributed by atoms with E-state index in [0.717, 1.165) is 24.0 Å². The average molecular weight is 352 g/mol. The van der Waals surface area contributed by atoms with Crippen molar-refractivity contribution in [3.05, 3.63) is 28.7 Å². The van der Waals surface area contributed by atoms with E-state index in [9.17, 15) is 4.79 Å². The summed E-state index contributed by atoms with van der Waals surface area (Å²) < 4.78 is 6.34. The highest BCUT2D eigenvalue weighted by molar-refractivity contribution is 9.10. The standard InChI is InChI=1S/C13H19BrN2O2.ClH/c1-2-7-15-8-9-16-13(17)10-18-12-5-3-11(14)4-6-12;/h3-6,15H,2,7-10H2,1H3,(H,16,17);1H. The molecule has 0 aliphatic heterocycles. The van der Waals surface area contributed by atoms with Gasteiger partial charge < -0.3 is 15.4 Å². The normalized spacial score (nSPS) is 9.58. The van der Waals surface area contributed by atoms with Crippen LogP contribution in [0.1, 0.15) is 13.3 Å². The third-order valence-corrected chi connectivity index (χ3v) is 2.76. The second-order valence-corrected chi connectivity index (χ2v) is 4.76. The van der Waals surface area contributed by atoms with Gasteiger partial charge in [0.2, 0.25) is 0 Å². The number of halogens is 2. The smallest absolute Gasteiger partial charge is 0.257 e. The molecular formula is C13H20BrClN2O2. The number of hydrogen-bond donors (Lipinski definition) is 2. The van der Waals surface area contributed by atoms with Crippen LogP contribution in [0.15, 0.2) is 28.7 Å². The highest BCUT2D eigenvalue weighted by atomic mass is 79.9. The Hall–Kier alpha value is -0.780. The second kappa shape index (κ2) is 11.1. The fraction of sp³-hybridized carbons (Fsp3) is 0.462. The van der Waals surface area contributed by atoms with E-state index in [0.29, 0.717) is 12.3 Å². The third-order valence-electron chi connectivity index (χ3n) is 2.23. The van der Waals surface area contributed by atoms with Crippen molar-refractivity contribution in [3.8, 4) is 5.75 Å². The molecule has 0 spiro atoms. The molecule has 0 saturated heterocycles. The Bertz CT molecular complexity index is 360. The van der Waals surface area contributed by atoms with Crippen LogP contribution in [0.25, 0.3) is 0 Å². The van der Waals surface area contributed by atoms with Gasteiger partial charge in [-0.2, -0.15) is 0 Å². The quantitative estimate of drug-likeness (QED) is 0.707. The number of rotatable bonds is 8. The van der Waals surface area contributed by atoms with Crippen LogP contribution in [0.5, 0.6) is 5.75 Å². The first-order valence-electron chi connectivity index (χ1n) is 6.08. The predicted octanol–water partition coefficient (Wildman–Crippen LogP) is 2.37. The van der Waals surface area contributed by atoms with Gasteiger partial charge in [0.05, 0.1) is 0 Å². The number of nitrogens with one attached hydrogen (secondary N) is 2. The number of amides is 1. The number of ether oxygens (including phenoxy) is 1. The van der Waals surface area contributed by atoms with Crippen LogP contribution in [0, 0.1) is 0 Å². The molecule has 19 heavy (non-hydrogen) atoms. The minimum atomic E-state index is -0.101. The molecule has 0 fully saturated rings. The summed E-state index contributed by atoms with van der Waals surface area (Å²) in [7, 11) is 0. The molecule has 0 aliphatic rings. The molecule has 2 N–H and O–H groups in total. The Morgan fingerprint density at radius 2 is 1.89 bits per heavy atom. The lowest BCUT2D eigenvalue weighted by Gasteiger charge is -2.08. The number of benzene rings is 1. The van der Waals surface area contributed by atoms with Crippen LogP contribution < -0.4 is 15.4 Å². The largest absolute Gasteiger partial charge is 0.484 e. The van der Waals surface area contributed by atoms with Crippen molar-refractivity contribution < 1.29 is 9.53 Å². The Balaban J connectivity index is 0.00000324. The first-order valence-corrected chi connectivity index (χ1v) is 6.87. The Kier molecular flexibility index (Phi) is 10.6. The van der Waals surface area contributed by atoms with E-state index < -0.39 is 0 Å². The Morgan fingerprint density at radius 3 is 2.53 bits per heavy atom. The van der Waals surface area contributed by atoms with E-state index in [4.69, 9.17) is 4.74 Å². The van der Waals surface area contributed by atoms with Crippen molar-refractivity contribution in [2.75, 3.05) is 26.2 Å². The molecule has 1 rings (SSSR count). The SMILES string of the molecule is CCCNCCNC(=O)COc1ccc(Br)cc1.Cl. The number of hydrogen-bond acceptors (Lipinski definition) is 3. The van der Waals surface area contributed by atoms with E-state index >= 15 is 0 Å². The maximum atomic E-state index is 11.4. The molecule has 1 aromatic rings. The van der Waals surface area contributed by atoms with Crippen LogP contribution in [0.4, 0.5) is 0 Å². The van der Waals surface area contributed by atoms with Crippen molar-refractivity contribution in [3.63, 3.8) is 0 Å². The Labute approximate surface area is 128 Å². The van der Waals surface area contributed by atoms with Crippen molar-refractivity contribution in [1.29, 1.82) is 0 Å². The van der Waals surface area contributed by atoms with Gasteiger partial charge in [-0.3, -0.25) is 4.79 Å². The van der Waals surface area contributed by atoms with E-state index in [1.807, 2.05) is 24.3 Å². The van der Waals surface area contributed by atoms with Crippen molar-refractivity contribution in [1.82, 2.24) is 10.6 Å². The maximum absolute atomic E-state index is 11.4. The van der Waals surface area contributed by atoms with E-state index in [1.165, 1.54) is 0 Å². The topological polar surface area (TPSA) is 50.4 Å². The highest BCUT2D eigenvalue weighted by Gasteiger charge is 2.01. The average Bonchev–Trinajstić information content (AvgIpc) is 2.38. The lowest BCUT2D eigenvalue weighted by molar-refractivity contribution is -0.123. The van der Waals surface area contributed by atoms with Gasteiger partial charge in [0.1, 0.15) is 5.75 Å². The summed E-state index contributed by atoms with van der Waals surface area (Å²) in [6.07, 6.45) is 1.10. The summed E-state index contributed by atoms with van der Waals surface area (Å²) in [5, 5.41) is 6.00. The molecule has 0 heterocycles.